The minimum absolute atomic E-state index is 0.0538. The lowest BCUT2D eigenvalue weighted by Crippen LogP contribution is -2.21. The summed E-state index contributed by atoms with van der Waals surface area (Å²) in [7, 11) is 0. The first-order valence-corrected chi connectivity index (χ1v) is 6.44. The molecule has 1 rings (SSSR count). The fourth-order valence-electron chi connectivity index (χ4n) is 1.52. The van der Waals surface area contributed by atoms with Crippen LogP contribution in [0.3, 0.4) is 0 Å². The van der Waals surface area contributed by atoms with Gasteiger partial charge < -0.3 is 36.5 Å². The van der Waals surface area contributed by atoms with Crippen LogP contribution in [0.25, 0.3) is 0 Å². The molecule has 0 atom stereocenters. The molecular formula is C13H19N3O6. The summed E-state index contributed by atoms with van der Waals surface area (Å²) >= 11 is 0. The van der Waals surface area contributed by atoms with Crippen LogP contribution in [0.4, 0.5) is 5.69 Å². The van der Waals surface area contributed by atoms with Gasteiger partial charge in [0.25, 0.3) is 5.91 Å². The second kappa shape index (κ2) is 8.82. The van der Waals surface area contributed by atoms with Gasteiger partial charge >= 0.3 is 5.97 Å². The SMILES string of the molecule is NCCOCCOCC(=O)Oc1ccc(N)c(O)c1C(N)=O. The molecule has 7 N–H and O–H groups in total. The zero-order chi connectivity index (χ0) is 16.5. The van der Waals surface area contributed by atoms with Crippen LogP contribution in [-0.4, -0.2) is 50.0 Å². The number of rotatable bonds is 9. The van der Waals surface area contributed by atoms with Gasteiger partial charge in [-0.3, -0.25) is 4.79 Å². The van der Waals surface area contributed by atoms with Crippen molar-refractivity contribution in [2.45, 2.75) is 0 Å². The second-order valence-electron chi connectivity index (χ2n) is 4.17. The predicted molar refractivity (Wildman–Crippen MR) is 77.4 cm³/mol. The Balaban J connectivity index is 2.54. The first-order chi connectivity index (χ1) is 10.5. The summed E-state index contributed by atoms with van der Waals surface area (Å²) in [5, 5.41) is 9.68. The maximum Gasteiger partial charge on any atom is 0.337 e. The molecule has 0 spiro atoms. The summed E-state index contributed by atoms with van der Waals surface area (Å²) in [6.07, 6.45) is 0. The van der Waals surface area contributed by atoms with E-state index in [9.17, 15) is 14.7 Å². The van der Waals surface area contributed by atoms with Gasteiger partial charge in [-0.15, -0.1) is 0 Å². The van der Waals surface area contributed by atoms with Crippen molar-refractivity contribution in [1.29, 1.82) is 0 Å². The van der Waals surface area contributed by atoms with Crippen LogP contribution in [0.2, 0.25) is 0 Å². The molecule has 0 aliphatic carbocycles. The number of ether oxygens (including phenoxy) is 3. The Morgan fingerprint density at radius 3 is 2.45 bits per heavy atom. The highest BCUT2D eigenvalue weighted by Crippen LogP contribution is 2.32. The quantitative estimate of drug-likeness (QED) is 0.148. The molecule has 0 fully saturated rings. The van der Waals surface area contributed by atoms with E-state index in [4.69, 9.17) is 31.4 Å². The van der Waals surface area contributed by atoms with Crippen molar-refractivity contribution in [3.05, 3.63) is 17.7 Å². The van der Waals surface area contributed by atoms with E-state index in [1.54, 1.807) is 0 Å². The van der Waals surface area contributed by atoms with Gasteiger partial charge in [0.1, 0.15) is 17.9 Å². The van der Waals surface area contributed by atoms with Gasteiger partial charge in [0, 0.05) is 6.54 Å². The summed E-state index contributed by atoms with van der Waals surface area (Å²) in [5.74, 6) is -2.45. The number of benzene rings is 1. The van der Waals surface area contributed by atoms with Gasteiger partial charge in [-0.25, -0.2) is 4.79 Å². The van der Waals surface area contributed by atoms with E-state index in [-0.39, 0.29) is 30.2 Å². The smallest absolute Gasteiger partial charge is 0.337 e. The molecule has 0 aliphatic heterocycles. The van der Waals surface area contributed by atoms with Gasteiger partial charge in [-0.2, -0.15) is 0 Å². The van der Waals surface area contributed by atoms with Gasteiger partial charge in [0.15, 0.2) is 5.75 Å². The summed E-state index contributed by atoms with van der Waals surface area (Å²) in [5.41, 5.74) is 15.4. The Hall–Kier alpha value is -2.36. The number of nitrogens with two attached hydrogens (primary N) is 3. The monoisotopic (exact) mass is 313 g/mol. The van der Waals surface area contributed by atoms with Crippen LogP contribution in [0.1, 0.15) is 10.4 Å². The van der Waals surface area contributed by atoms with Crippen LogP contribution in [0, 0.1) is 0 Å². The molecule has 9 nitrogen and oxygen atoms in total. The Bertz CT molecular complexity index is 535. The topological polar surface area (TPSA) is 160 Å². The van der Waals surface area contributed by atoms with Crippen LogP contribution < -0.4 is 21.9 Å². The predicted octanol–water partition coefficient (Wildman–Crippen LogP) is -1.03. The molecule has 1 aromatic carbocycles. The first kappa shape index (κ1) is 17.7. The molecule has 0 saturated carbocycles. The Morgan fingerprint density at radius 2 is 1.82 bits per heavy atom. The molecule has 0 aromatic heterocycles. The Morgan fingerprint density at radius 1 is 1.14 bits per heavy atom. The number of aromatic hydroxyl groups is 1. The molecular weight excluding hydrogens is 294 g/mol. The standard InChI is InChI=1S/C13H19N3O6/c14-3-4-20-5-6-21-7-10(17)22-9-2-1-8(15)12(18)11(9)13(16)19/h1-2,18H,3-7,14-15H2,(H2,16,19). The number of carbonyl (C=O) groups is 2. The molecule has 122 valence electrons. The van der Waals surface area contributed by atoms with Crippen molar-refractivity contribution in [1.82, 2.24) is 0 Å². The molecule has 0 unspecified atom stereocenters. The molecule has 0 saturated heterocycles. The van der Waals surface area contributed by atoms with Gasteiger partial charge in [-0.1, -0.05) is 0 Å². The van der Waals surface area contributed by atoms with Crippen molar-refractivity contribution >= 4 is 17.6 Å². The minimum Gasteiger partial charge on any atom is -0.505 e. The maximum atomic E-state index is 11.6. The van der Waals surface area contributed by atoms with E-state index in [0.29, 0.717) is 19.8 Å². The number of amides is 1. The highest BCUT2D eigenvalue weighted by molar-refractivity contribution is 6.00. The van der Waals surface area contributed by atoms with Crippen LogP contribution in [-0.2, 0) is 14.3 Å². The fraction of sp³-hybridized carbons (Fsp3) is 0.385. The average molecular weight is 313 g/mol. The number of phenols is 1. The van der Waals surface area contributed by atoms with Crippen molar-refractivity contribution in [2.75, 3.05) is 38.7 Å². The van der Waals surface area contributed by atoms with E-state index < -0.39 is 17.6 Å². The number of anilines is 1. The number of nitrogen functional groups attached to an aromatic ring is 1. The van der Waals surface area contributed by atoms with Crippen LogP contribution >= 0.6 is 0 Å². The van der Waals surface area contributed by atoms with Crippen molar-refractivity contribution in [2.24, 2.45) is 11.5 Å². The Labute approximate surface area is 126 Å². The molecule has 0 bridgehead atoms. The molecule has 9 heteroatoms. The van der Waals surface area contributed by atoms with Crippen LogP contribution in [0.5, 0.6) is 11.5 Å². The third-order valence-corrected chi connectivity index (χ3v) is 2.50. The van der Waals surface area contributed by atoms with Crippen molar-refractivity contribution in [3.8, 4) is 11.5 Å². The summed E-state index contributed by atoms with van der Waals surface area (Å²) < 4.78 is 15.0. The van der Waals surface area contributed by atoms with E-state index in [1.165, 1.54) is 12.1 Å². The summed E-state index contributed by atoms with van der Waals surface area (Å²) in [6, 6.07) is 2.54. The molecule has 0 radical (unpaired) electrons. The normalized spacial score (nSPS) is 10.4. The zero-order valence-corrected chi connectivity index (χ0v) is 11.9. The number of hydrogen-bond acceptors (Lipinski definition) is 8. The third-order valence-electron chi connectivity index (χ3n) is 2.50. The van der Waals surface area contributed by atoms with Crippen LogP contribution in [0.15, 0.2) is 12.1 Å². The highest BCUT2D eigenvalue weighted by atomic mass is 16.6. The molecule has 1 amide bonds. The number of esters is 1. The molecule has 0 heterocycles. The molecule has 0 aliphatic rings. The van der Waals surface area contributed by atoms with E-state index in [1.807, 2.05) is 0 Å². The Kier molecular flexibility index (Phi) is 7.09. The molecule has 1 aromatic rings. The second-order valence-corrected chi connectivity index (χ2v) is 4.17. The van der Waals surface area contributed by atoms with Crippen molar-refractivity contribution < 1.29 is 28.9 Å². The van der Waals surface area contributed by atoms with E-state index in [2.05, 4.69) is 0 Å². The largest absolute Gasteiger partial charge is 0.505 e. The van der Waals surface area contributed by atoms with E-state index >= 15 is 0 Å². The van der Waals surface area contributed by atoms with Gasteiger partial charge in [-0.05, 0) is 12.1 Å². The minimum atomic E-state index is -0.969. The van der Waals surface area contributed by atoms with Gasteiger partial charge in [0.2, 0.25) is 0 Å². The number of hydrogen-bond donors (Lipinski definition) is 4. The fourth-order valence-corrected chi connectivity index (χ4v) is 1.52. The lowest BCUT2D eigenvalue weighted by atomic mass is 10.1. The molecule has 22 heavy (non-hydrogen) atoms. The van der Waals surface area contributed by atoms with Crippen molar-refractivity contribution in [3.63, 3.8) is 0 Å². The zero-order valence-electron chi connectivity index (χ0n) is 11.9. The summed E-state index contributed by atoms with van der Waals surface area (Å²) in [4.78, 5) is 22.9. The van der Waals surface area contributed by atoms with E-state index in [0.717, 1.165) is 0 Å². The lowest BCUT2D eigenvalue weighted by molar-refractivity contribution is -0.140. The number of primary amides is 1. The third kappa shape index (κ3) is 5.20. The highest BCUT2D eigenvalue weighted by Gasteiger charge is 2.19. The summed E-state index contributed by atoms with van der Waals surface area (Å²) in [6.45, 7) is 0.929. The van der Waals surface area contributed by atoms with Gasteiger partial charge in [0.05, 0.1) is 25.5 Å². The number of carbonyl (C=O) groups excluding carboxylic acids is 2. The average Bonchev–Trinajstić information content (AvgIpc) is 2.46. The lowest BCUT2D eigenvalue weighted by Gasteiger charge is -2.11. The first-order valence-electron chi connectivity index (χ1n) is 6.44. The maximum absolute atomic E-state index is 11.6.